The molecule has 0 spiro atoms. The van der Waals surface area contributed by atoms with Crippen LogP contribution in [0.2, 0.25) is 0 Å². The Morgan fingerprint density at radius 3 is 2.59 bits per heavy atom. The van der Waals surface area contributed by atoms with Gasteiger partial charge in [0.1, 0.15) is 0 Å². The third-order valence-electron chi connectivity index (χ3n) is 2.31. The second-order valence-electron chi connectivity index (χ2n) is 3.88. The summed E-state index contributed by atoms with van der Waals surface area (Å²) in [7, 11) is 0. The lowest BCUT2D eigenvalue weighted by molar-refractivity contribution is -0.137. The standard InChI is InChI=1S/C14H17BrO2/c1-3-4-9-17-14(16)10-13(15)12-7-5-11(2)6-8-12/h5-8,10H,3-4,9H2,1-2H3. The van der Waals surface area contributed by atoms with Crippen LogP contribution in [0.15, 0.2) is 30.3 Å². The first-order valence-corrected chi connectivity index (χ1v) is 6.53. The monoisotopic (exact) mass is 296 g/mol. The molecular weight excluding hydrogens is 280 g/mol. The average Bonchev–Trinajstić information content (AvgIpc) is 2.30. The van der Waals surface area contributed by atoms with Crippen molar-refractivity contribution in [1.29, 1.82) is 0 Å². The first-order chi connectivity index (χ1) is 8.13. The number of esters is 1. The van der Waals surface area contributed by atoms with Crippen LogP contribution in [0.4, 0.5) is 0 Å². The molecule has 0 bridgehead atoms. The van der Waals surface area contributed by atoms with Crippen molar-refractivity contribution < 1.29 is 9.53 Å². The maximum absolute atomic E-state index is 11.4. The molecule has 0 aliphatic carbocycles. The minimum Gasteiger partial charge on any atom is -0.463 e. The predicted molar refractivity (Wildman–Crippen MR) is 74.0 cm³/mol. The molecule has 0 saturated heterocycles. The summed E-state index contributed by atoms with van der Waals surface area (Å²) in [6.07, 6.45) is 3.40. The fourth-order valence-electron chi connectivity index (χ4n) is 1.26. The van der Waals surface area contributed by atoms with Crippen LogP contribution in [0.5, 0.6) is 0 Å². The molecule has 0 saturated carbocycles. The van der Waals surface area contributed by atoms with E-state index in [1.165, 1.54) is 11.6 Å². The summed E-state index contributed by atoms with van der Waals surface area (Å²) in [5, 5.41) is 0. The number of carbonyl (C=O) groups excluding carboxylic acids is 1. The van der Waals surface area contributed by atoms with Crippen molar-refractivity contribution in [3.8, 4) is 0 Å². The van der Waals surface area contributed by atoms with Crippen molar-refractivity contribution in [2.75, 3.05) is 6.61 Å². The van der Waals surface area contributed by atoms with Gasteiger partial charge < -0.3 is 4.74 Å². The van der Waals surface area contributed by atoms with Crippen LogP contribution in [0, 0.1) is 6.92 Å². The molecule has 0 unspecified atom stereocenters. The molecule has 17 heavy (non-hydrogen) atoms. The molecule has 1 aromatic rings. The van der Waals surface area contributed by atoms with Crippen molar-refractivity contribution in [3.05, 3.63) is 41.5 Å². The van der Waals surface area contributed by atoms with Crippen LogP contribution in [-0.2, 0) is 9.53 Å². The smallest absolute Gasteiger partial charge is 0.331 e. The number of hydrogen-bond acceptors (Lipinski definition) is 2. The van der Waals surface area contributed by atoms with Crippen LogP contribution < -0.4 is 0 Å². The molecule has 0 aliphatic rings. The number of carbonyl (C=O) groups is 1. The molecule has 0 radical (unpaired) electrons. The highest BCUT2D eigenvalue weighted by molar-refractivity contribution is 9.15. The van der Waals surface area contributed by atoms with Gasteiger partial charge in [0, 0.05) is 10.6 Å². The van der Waals surface area contributed by atoms with E-state index in [-0.39, 0.29) is 5.97 Å². The molecule has 0 amide bonds. The van der Waals surface area contributed by atoms with Crippen LogP contribution in [0.25, 0.3) is 4.48 Å². The Balaban J connectivity index is 2.59. The molecular formula is C14H17BrO2. The zero-order valence-corrected chi connectivity index (χ0v) is 11.8. The molecule has 0 atom stereocenters. The third-order valence-corrected chi connectivity index (χ3v) is 3.00. The SMILES string of the molecule is CCCCOC(=O)C=C(Br)c1ccc(C)cc1. The first kappa shape index (κ1) is 14.0. The van der Waals surface area contributed by atoms with Gasteiger partial charge in [0.05, 0.1) is 6.61 Å². The Hall–Kier alpha value is -1.09. The normalized spacial score (nSPS) is 11.4. The summed E-state index contributed by atoms with van der Waals surface area (Å²) >= 11 is 3.38. The van der Waals surface area contributed by atoms with Crippen LogP contribution in [0.3, 0.4) is 0 Å². The maximum atomic E-state index is 11.4. The fraction of sp³-hybridized carbons (Fsp3) is 0.357. The van der Waals surface area contributed by atoms with E-state index >= 15 is 0 Å². The summed E-state index contributed by atoms with van der Waals surface area (Å²) in [5.41, 5.74) is 2.17. The van der Waals surface area contributed by atoms with Crippen LogP contribution in [-0.4, -0.2) is 12.6 Å². The molecule has 0 aliphatic heterocycles. The molecule has 0 N–H and O–H groups in total. The van der Waals surface area contributed by atoms with Crippen LogP contribution >= 0.6 is 15.9 Å². The summed E-state index contributed by atoms with van der Waals surface area (Å²) in [5.74, 6) is -0.300. The minimum absolute atomic E-state index is 0.300. The second kappa shape index (κ2) is 7.28. The van der Waals surface area contributed by atoms with Crippen molar-refractivity contribution in [2.24, 2.45) is 0 Å². The van der Waals surface area contributed by atoms with Crippen molar-refractivity contribution in [1.82, 2.24) is 0 Å². The van der Waals surface area contributed by atoms with Crippen molar-refractivity contribution >= 4 is 26.4 Å². The van der Waals surface area contributed by atoms with Crippen molar-refractivity contribution in [2.45, 2.75) is 26.7 Å². The van der Waals surface area contributed by atoms with Gasteiger partial charge in [0.2, 0.25) is 0 Å². The van der Waals surface area contributed by atoms with E-state index in [1.54, 1.807) is 0 Å². The van der Waals surface area contributed by atoms with Crippen LogP contribution in [0.1, 0.15) is 30.9 Å². The fourth-order valence-corrected chi connectivity index (χ4v) is 1.71. The Bertz CT molecular complexity index is 393. The number of rotatable bonds is 5. The van der Waals surface area contributed by atoms with Crippen molar-refractivity contribution in [3.63, 3.8) is 0 Å². The molecule has 1 aromatic carbocycles. The summed E-state index contributed by atoms with van der Waals surface area (Å²) in [6.45, 7) is 4.58. The Labute approximate surface area is 111 Å². The molecule has 0 fully saturated rings. The van der Waals surface area contributed by atoms with Gasteiger partial charge in [-0.25, -0.2) is 4.79 Å². The Morgan fingerprint density at radius 2 is 2.00 bits per heavy atom. The summed E-state index contributed by atoms with van der Waals surface area (Å²) in [6, 6.07) is 7.95. The highest BCUT2D eigenvalue weighted by Gasteiger charge is 2.02. The lowest BCUT2D eigenvalue weighted by atomic mass is 10.1. The van der Waals surface area contributed by atoms with Gasteiger partial charge in [-0.3, -0.25) is 0 Å². The van der Waals surface area contributed by atoms with Gasteiger partial charge in [-0.15, -0.1) is 0 Å². The first-order valence-electron chi connectivity index (χ1n) is 5.74. The Kier molecular flexibility index (Phi) is 5.98. The quantitative estimate of drug-likeness (QED) is 0.465. The van der Waals surface area contributed by atoms with Gasteiger partial charge in [0.15, 0.2) is 0 Å². The topological polar surface area (TPSA) is 26.3 Å². The zero-order chi connectivity index (χ0) is 12.7. The largest absolute Gasteiger partial charge is 0.463 e. The van der Waals surface area contributed by atoms with Gasteiger partial charge in [0.25, 0.3) is 0 Å². The molecule has 3 heteroatoms. The van der Waals surface area contributed by atoms with Gasteiger partial charge in [-0.2, -0.15) is 0 Å². The van der Waals surface area contributed by atoms with Gasteiger partial charge in [-0.05, 0) is 34.8 Å². The number of hydrogen-bond donors (Lipinski definition) is 0. The van der Waals surface area contributed by atoms with E-state index in [1.807, 2.05) is 31.2 Å². The summed E-state index contributed by atoms with van der Waals surface area (Å²) < 4.78 is 5.80. The number of benzene rings is 1. The van der Waals surface area contributed by atoms with Gasteiger partial charge >= 0.3 is 5.97 Å². The van der Waals surface area contributed by atoms with E-state index in [0.717, 1.165) is 22.9 Å². The lowest BCUT2D eigenvalue weighted by Crippen LogP contribution is -2.02. The molecule has 0 heterocycles. The number of ether oxygens (including phenoxy) is 1. The van der Waals surface area contributed by atoms with E-state index in [9.17, 15) is 4.79 Å². The van der Waals surface area contributed by atoms with E-state index < -0.39 is 0 Å². The number of halogens is 1. The van der Waals surface area contributed by atoms with E-state index in [2.05, 4.69) is 22.9 Å². The average molecular weight is 297 g/mol. The minimum atomic E-state index is -0.300. The van der Waals surface area contributed by atoms with E-state index in [0.29, 0.717) is 6.61 Å². The Morgan fingerprint density at radius 1 is 1.35 bits per heavy atom. The molecule has 1 rings (SSSR count). The van der Waals surface area contributed by atoms with E-state index in [4.69, 9.17) is 4.74 Å². The molecule has 92 valence electrons. The summed E-state index contributed by atoms with van der Waals surface area (Å²) in [4.78, 5) is 11.4. The predicted octanol–water partition coefficient (Wildman–Crippen LogP) is 4.07. The highest BCUT2D eigenvalue weighted by Crippen LogP contribution is 2.21. The second-order valence-corrected chi connectivity index (χ2v) is 4.73. The van der Waals surface area contributed by atoms with Gasteiger partial charge in [-0.1, -0.05) is 43.2 Å². The highest BCUT2D eigenvalue weighted by atomic mass is 79.9. The maximum Gasteiger partial charge on any atom is 0.331 e. The third kappa shape index (κ3) is 5.18. The zero-order valence-electron chi connectivity index (χ0n) is 10.2. The number of aryl methyl sites for hydroxylation is 1. The molecule has 0 aromatic heterocycles. The molecule has 2 nitrogen and oxygen atoms in total. The number of unbranched alkanes of at least 4 members (excludes halogenated alkanes) is 1. The lowest BCUT2D eigenvalue weighted by Gasteiger charge is -2.02.